The lowest BCUT2D eigenvalue weighted by Crippen LogP contribution is -2.22. The number of thioether (sulfide) groups is 1. The van der Waals surface area contributed by atoms with Crippen LogP contribution in [0, 0.1) is 10.1 Å². The lowest BCUT2D eigenvalue weighted by molar-refractivity contribution is -0.384. The number of nitrogens with zero attached hydrogens (tertiary/aromatic N) is 2. The molecule has 1 fully saturated rings. The number of carbonyl (C=O) groups is 2. The Hall–Kier alpha value is -3.21. The largest absolute Gasteiger partial charge is 0.452 e. The molecule has 2 aromatic rings. The molecular formula is C20H19F2N3O5S. The predicted molar refractivity (Wildman–Crippen MR) is 112 cm³/mol. The van der Waals surface area contributed by atoms with Crippen molar-refractivity contribution >= 4 is 40.7 Å². The smallest absolute Gasteiger partial charge is 0.338 e. The summed E-state index contributed by atoms with van der Waals surface area (Å²) in [7, 11) is 0. The van der Waals surface area contributed by atoms with Crippen molar-refractivity contribution in [2.75, 3.05) is 29.9 Å². The van der Waals surface area contributed by atoms with Crippen LogP contribution in [0.4, 0.5) is 25.8 Å². The Morgan fingerprint density at radius 3 is 2.58 bits per heavy atom. The Kier molecular flexibility index (Phi) is 7.40. The number of nitrogens with one attached hydrogen (secondary N) is 1. The number of anilines is 2. The van der Waals surface area contributed by atoms with Gasteiger partial charge < -0.3 is 15.0 Å². The van der Waals surface area contributed by atoms with Gasteiger partial charge >= 0.3 is 5.97 Å². The van der Waals surface area contributed by atoms with Crippen LogP contribution >= 0.6 is 11.8 Å². The Morgan fingerprint density at radius 1 is 1.19 bits per heavy atom. The van der Waals surface area contributed by atoms with E-state index in [2.05, 4.69) is 5.32 Å². The molecule has 1 saturated heterocycles. The van der Waals surface area contributed by atoms with Crippen LogP contribution in [0.2, 0.25) is 0 Å². The molecule has 2 aromatic carbocycles. The van der Waals surface area contributed by atoms with Crippen LogP contribution in [0.25, 0.3) is 0 Å². The maximum Gasteiger partial charge on any atom is 0.338 e. The summed E-state index contributed by atoms with van der Waals surface area (Å²) in [5.74, 6) is -4.28. The van der Waals surface area contributed by atoms with Crippen molar-refractivity contribution in [3.63, 3.8) is 0 Å². The van der Waals surface area contributed by atoms with Gasteiger partial charge in [0, 0.05) is 24.1 Å². The van der Waals surface area contributed by atoms with Gasteiger partial charge in [-0.15, -0.1) is 0 Å². The summed E-state index contributed by atoms with van der Waals surface area (Å²) in [6, 6.07) is 10.0. The van der Waals surface area contributed by atoms with Crippen molar-refractivity contribution in [1.29, 1.82) is 0 Å². The monoisotopic (exact) mass is 451 g/mol. The second kappa shape index (κ2) is 10.2. The van der Waals surface area contributed by atoms with Crippen LogP contribution in [-0.2, 0) is 9.53 Å². The van der Waals surface area contributed by atoms with Crippen LogP contribution < -0.4 is 10.2 Å². The SMILES string of the molecule is O=C(COC(=O)c1ccc(N2CCCC2)c([N+](=O)[O-])c1)Nc1ccccc1SC(F)F. The maximum atomic E-state index is 12.6. The molecule has 0 aromatic heterocycles. The lowest BCUT2D eigenvalue weighted by atomic mass is 10.1. The van der Waals surface area contributed by atoms with E-state index in [1.54, 1.807) is 12.1 Å². The summed E-state index contributed by atoms with van der Waals surface area (Å²) in [6.45, 7) is 0.737. The minimum absolute atomic E-state index is 0.0592. The third-order valence-corrected chi connectivity index (χ3v) is 5.35. The third kappa shape index (κ3) is 5.91. The highest BCUT2D eigenvalue weighted by atomic mass is 32.2. The molecular weight excluding hydrogens is 432 g/mol. The van der Waals surface area contributed by atoms with E-state index in [0.29, 0.717) is 18.8 Å². The third-order valence-electron chi connectivity index (χ3n) is 4.57. The molecule has 1 aliphatic rings. The molecule has 0 unspecified atom stereocenters. The van der Waals surface area contributed by atoms with Crippen LogP contribution in [-0.4, -0.2) is 42.3 Å². The van der Waals surface area contributed by atoms with Gasteiger partial charge in [-0.05, 0) is 37.1 Å². The van der Waals surface area contributed by atoms with Gasteiger partial charge in [-0.25, -0.2) is 4.79 Å². The fraction of sp³-hybridized carbons (Fsp3) is 0.300. The summed E-state index contributed by atoms with van der Waals surface area (Å²) in [5, 5.41) is 13.9. The first-order valence-electron chi connectivity index (χ1n) is 9.39. The van der Waals surface area contributed by atoms with Gasteiger partial charge in [-0.2, -0.15) is 8.78 Å². The second-order valence-electron chi connectivity index (χ2n) is 6.65. The van der Waals surface area contributed by atoms with E-state index in [4.69, 9.17) is 4.74 Å². The summed E-state index contributed by atoms with van der Waals surface area (Å²) < 4.78 is 30.2. The number of ether oxygens (including phenoxy) is 1. The minimum atomic E-state index is -2.66. The van der Waals surface area contributed by atoms with Crippen molar-refractivity contribution in [2.24, 2.45) is 0 Å². The normalized spacial score (nSPS) is 13.3. The van der Waals surface area contributed by atoms with Gasteiger partial charge in [0.1, 0.15) is 5.69 Å². The van der Waals surface area contributed by atoms with E-state index in [9.17, 15) is 28.5 Å². The zero-order valence-electron chi connectivity index (χ0n) is 16.3. The summed E-state index contributed by atoms with van der Waals surface area (Å²) in [4.78, 5) is 37.3. The molecule has 0 bridgehead atoms. The molecule has 8 nitrogen and oxygen atoms in total. The topological polar surface area (TPSA) is 102 Å². The summed E-state index contributed by atoms with van der Waals surface area (Å²) >= 11 is 0.281. The lowest BCUT2D eigenvalue weighted by Gasteiger charge is -2.17. The molecule has 0 atom stereocenters. The molecule has 11 heteroatoms. The number of esters is 1. The van der Waals surface area contributed by atoms with E-state index in [-0.39, 0.29) is 33.6 Å². The van der Waals surface area contributed by atoms with E-state index >= 15 is 0 Å². The standard InChI is InChI=1S/C20H19F2N3O5S/c21-20(22)31-17-6-2-1-5-14(17)23-18(26)12-30-19(27)13-7-8-15(16(11-13)25(28)29)24-9-3-4-10-24/h1-2,5-8,11,20H,3-4,9-10,12H2,(H,23,26). The van der Waals surface area contributed by atoms with E-state index < -0.39 is 29.2 Å². The molecule has 1 heterocycles. The Balaban J connectivity index is 1.63. The number of halogens is 2. The molecule has 1 N–H and O–H groups in total. The van der Waals surface area contributed by atoms with Crippen LogP contribution in [0.5, 0.6) is 0 Å². The van der Waals surface area contributed by atoms with Crippen LogP contribution in [0.1, 0.15) is 23.2 Å². The first kappa shape index (κ1) is 22.5. The van der Waals surface area contributed by atoms with Gasteiger partial charge in [-0.1, -0.05) is 23.9 Å². The Bertz CT molecular complexity index is 983. The zero-order valence-corrected chi connectivity index (χ0v) is 17.1. The van der Waals surface area contributed by atoms with Crippen molar-refractivity contribution < 1.29 is 28.0 Å². The summed E-state index contributed by atoms with van der Waals surface area (Å²) in [5.41, 5.74) is 0.333. The van der Waals surface area contributed by atoms with Crippen LogP contribution in [0.3, 0.4) is 0 Å². The van der Waals surface area contributed by atoms with E-state index in [0.717, 1.165) is 18.9 Å². The second-order valence-corrected chi connectivity index (χ2v) is 7.69. The minimum Gasteiger partial charge on any atom is -0.452 e. The van der Waals surface area contributed by atoms with Crippen LogP contribution in [0.15, 0.2) is 47.4 Å². The Morgan fingerprint density at radius 2 is 1.90 bits per heavy atom. The number of para-hydroxylation sites is 1. The Labute approximate surface area is 180 Å². The highest BCUT2D eigenvalue weighted by Crippen LogP contribution is 2.33. The molecule has 1 aliphatic heterocycles. The number of hydrogen-bond acceptors (Lipinski definition) is 7. The highest BCUT2D eigenvalue weighted by Gasteiger charge is 2.24. The maximum absolute atomic E-state index is 12.6. The molecule has 1 amide bonds. The molecule has 31 heavy (non-hydrogen) atoms. The molecule has 0 spiro atoms. The van der Waals surface area contributed by atoms with Crippen molar-refractivity contribution in [3.8, 4) is 0 Å². The molecule has 0 aliphatic carbocycles. The van der Waals surface area contributed by atoms with Crippen molar-refractivity contribution in [3.05, 3.63) is 58.1 Å². The average Bonchev–Trinajstić information content (AvgIpc) is 3.27. The zero-order chi connectivity index (χ0) is 22.4. The molecule has 0 saturated carbocycles. The van der Waals surface area contributed by atoms with Crippen molar-refractivity contribution in [2.45, 2.75) is 23.5 Å². The predicted octanol–water partition coefficient (Wildman–Crippen LogP) is 4.31. The number of amides is 1. The van der Waals surface area contributed by atoms with E-state index in [1.807, 2.05) is 4.90 Å². The van der Waals surface area contributed by atoms with Gasteiger partial charge in [0.2, 0.25) is 0 Å². The first-order chi connectivity index (χ1) is 14.8. The number of carbonyl (C=O) groups excluding carboxylic acids is 2. The number of nitro groups is 1. The number of benzene rings is 2. The van der Waals surface area contributed by atoms with Gasteiger partial charge in [0.25, 0.3) is 17.4 Å². The number of alkyl halides is 2. The molecule has 0 radical (unpaired) electrons. The average molecular weight is 451 g/mol. The number of hydrogen-bond donors (Lipinski definition) is 1. The number of nitro benzene ring substituents is 1. The fourth-order valence-electron chi connectivity index (χ4n) is 3.19. The first-order valence-corrected chi connectivity index (χ1v) is 10.3. The molecule has 3 rings (SSSR count). The van der Waals surface area contributed by atoms with E-state index in [1.165, 1.54) is 24.3 Å². The fourth-order valence-corrected chi connectivity index (χ4v) is 3.79. The van der Waals surface area contributed by atoms with Gasteiger partial charge in [-0.3, -0.25) is 14.9 Å². The number of rotatable bonds is 8. The van der Waals surface area contributed by atoms with Crippen molar-refractivity contribution in [1.82, 2.24) is 0 Å². The quantitative estimate of drug-likeness (QED) is 0.276. The molecule has 164 valence electrons. The summed E-state index contributed by atoms with van der Waals surface area (Å²) in [6.07, 6.45) is 1.88. The highest BCUT2D eigenvalue weighted by molar-refractivity contribution is 7.99. The van der Waals surface area contributed by atoms with Gasteiger partial charge in [0.05, 0.1) is 16.2 Å². The van der Waals surface area contributed by atoms with Gasteiger partial charge in [0.15, 0.2) is 6.61 Å².